The number of aryl methyl sites for hydroxylation is 1. The molecule has 0 bridgehead atoms. The second-order valence-corrected chi connectivity index (χ2v) is 5.06. The van der Waals surface area contributed by atoms with E-state index in [1.54, 1.807) is 0 Å². The number of aromatic nitrogens is 2. The maximum atomic E-state index is 4.53. The van der Waals surface area contributed by atoms with Crippen LogP contribution >= 0.6 is 12.4 Å². The molecule has 0 amide bonds. The fraction of sp³-hybridized carbons (Fsp3) is 0.400. The summed E-state index contributed by atoms with van der Waals surface area (Å²) in [6.45, 7) is 4.32. The molecule has 4 heteroatoms. The third-order valence-electron chi connectivity index (χ3n) is 3.67. The lowest BCUT2D eigenvalue weighted by atomic mass is 10.1. The highest BCUT2D eigenvalue weighted by Crippen LogP contribution is 2.23. The van der Waals surface area contributed by atoms with Crippen molar-refractivity contribution in [2.24, 2.45) is 0 Å². The van der Waals surface area contributed by atoms with Crippen LogP contribution in [0.3, 0.4) is 0 Å². The highest BCUT2D eigenvalue weighted by molar-refractivity contribution is 5.85. The lowest BCUT2D eigenvalue weighted by Crippen LogP contribution is -2.29. The Morgan fingerprint density at radius 1 is 1.11 bits per heavy atom. The molecule has 0 aliphatic carbocycles. The van der Waals surface area contributed by atoms with E-state index in [9.17, 15) is 0 Å². The van der Waals surface area contributed by atoms with Crippen molar-refractivity contribution in [1.82, 2.24) is 15.1 Å². The lowest BCUT2D eigenvalue weighted by molar-refractivity contribution is 0.343. The number of hydrogen-bond donors (Lipinski definition) is 1. The van der Waals surface area contributed by atoms with Gasteiger partial charge in [0.05, 0.1) is 12.2 Å². The van der Waals surface area contributed by atoms with E-state index in [1.165, 1.54) is 29.5 Å². The molecular formula is C15H20ClN3. The second kappa shape index (κ2) is 6.22. The van der Waals surface area contributed by atoms with Crippen LogP contribution in [0.15, 0.2) is 36.7 Å². The first-order valence-corrected chi connectivity index (χ1v) is 6.65. The summed E-state index contributed by atoms with van der Waals surface area (Å²) in [4.78, 5) is 0. The van der Waals surface area contributed by atoms with Crippen LogP contribution in [0.4, 0.5) is 0 Å². The zero-order chi connectivity index (χ0) is 12.4. The van der Waals surface area contributed by atoms with E-state index in [0.717, 1.165) is 13.1 Å². The average molecular weight is 278 g/mol. The molecule has 0 unspecified atom stereocenters. The van der Waals surface area contributed by atoms with E-state index in [2.05, 4.69) is 52.5 Å². The number of nitrogens with zero attached hydrogens (tertiary/aromatic N) is 2. The number of piperidine rings is 1. The van der Waals surface area contributed by atoms with Crippen LogP contribution in [0.5, 0.6) is 0 Å². The largest absolute Gasteiger partial charge is 0.317 e. The van der Waals surface area contributed by atoms with Gasteiger partial charge in [-0.15, -0.1) is 12.4 Å². The molecule has 3 rings (SSSR count). The zero-order valence-corrected chi connectivity index (χ0v) is 12.0. The molecule has 2 heterocycles. The van der Waals surface area contributed by atoms with E-state index in [0.29, 0.717) is 6.04 Å². The van der Waals surface area contributed by atoms with Crippen molar-refractivity contribution in [1.29, 1.82) is 0 Å². The molecule has 2 aromatic rings. The summed E-state index contributed by atoms with van der Waals surface area (Å²) >= 11 is 0. The van der Waals surface area contributed by atoms with Crippen molar-refractivity contribution in [3.8, 4) is 11.1 Å². The van der Waals surface area contributed by atoms with Gasteiger partial charge in [-0.2, -0.15) is 5.10 Å². The first kappa shape index (κ1) is 14.1. The van der Waals surface area contributed by atoms with Crippen LogP contribution in [0.25, 0.3) is 11.1 Å². The number of nitrogens with one attached hydrogen (secondary N) is 1. The van der Waals surface area contributed by atoms with Crippen molar-refractivity contribution in [2.45, 2.75) is 25.8 Å². The minimum atomic E-state index is 0. The van der Waals surface area contributed by atoms with Gasteiger partial charge in [0.2, 0.25) is 0 Å². The van der Waals surface area contributed by atoms with Crippen LogP contribution < -0.4 is 5.32 Å². The molecule has 0 atom stereocenters. The lowest BCUT2D eigenvalue weighted by Gasteiger charge is -2.22. The summed E-state index contributed by atoms with van der Waals surface area (Å²) < 4.78 is 2.13. The number of halogens is 1. The Balaban J connectivity index is 0.00000133. The first-order chi connectivity index (χ1) is 8.83. The Labute approximate surface area is 120 Å². The molecular weight excluding hydrogens is 258 g/mol. The Morgan fingerprint density at radius 3 is 2.47 bits per heavy atom. The molecule has 19 heavy (non-hydrogen) atoms. The molecule has 1 aliphatic rings. The van der Waals surface area contributed by atoms with Crippen LogP contribution in [0.2, 0.25) is 0 Å². The normalized spacial score (nSPS) is 16.1. The molecule has 1 saturated heterocycles. The summed E-state index contributed by atoms with van der Waals surface area (Å²) in [5.41, 5.74) is 3.76. The Bertz CT molecular complexity index is 512. The van der Waals surface area contributed by atoms with Gasteiger partial charge in [-0.25, -0.2) is 0 Å². The minimum absolute atomic E-state index is 0. The van der Waals surface area contributed by atoms with Crippen molar-refractivity contribution in [3.63, 3.8) is 0 Å². The molecule has 0 radical (unpaired) electrons. The Hall–Kier alpha value is -1.32. The van der Waals surface area contributed by atoms with Gasteiger partial charge in [0.1, 0.15) is 0 Å². The third-order valence-corrected chi connectivity index (χ3v) is 3.67. The highest BCUT2D eigenvalue weighted by Gasteiger charge is 2.15. The van der Waals surface area contributed by atoms with Gasteiger partial charge in [0.15, 0.2) is 0 Å². The molecule has 0 saturated carbocycles. The van der Waals surface area contributed by atoms with Gasteiger partial charge in [-0.05, 0) is 38.4 Å². The van der Waals surface area contributed by atoms with Crippen LogP contribution in [-0.2, 0) is 0 Å². The highest BCUT2D eigenvalue weighted by atomic mass is 35.5. The number of benzene rings is 1. The topological polar surface area (TPSA) is 29.9 Å². The number of rotatable bonds is 2. The standard InChI is InChI=1S/C15H19N3.ClH/c1-12-2-4-13(5-3-12)14-10-17-18(11-14)15-6-8-16-9-7-15;/h2-5,10-11,15-16H,6-9H2,1H3;1H. The van der Waals surface area contributed by atoms with E-state index >= 15 is 0 Å². The van der Waals surface area contributed by atoms with Gasteiger partial charge >= 0.3 is 0 Å². The van der Waals surface area contributed by atoms with Gasteiger partial charge in [-0.3, -0.25) is 4.68 Å². The van der Waals surface area contributed by atoms with E-state index in [-0.39, 0.29) is 12.4 Å². The molecule has 3 nitrogen and oxygen atoms in total. The maximum Gasteiger partial charge on any atom is 0.0568 e. The Morgan fingerprint density at radius 2 is 1.79 bits per heavy atom. The summed E-state index contributed by atoms with van der Waals surface area (Å²) in [6.07, 6.45) is 6.51. The summed E-state index contributed by atoms with van der Waals surface area (Å²) in [5, 5.41) is 7.92. The smallest absolute Gasteiger partial charge is 0.0568 e. The maximum absolute atomic E-state index is 4.53. The fourth-order valence-electron chi connectivity index (χ4n) is 2.50. The van der Waals surface area contributed by atoms with Crippen molar-refractivity contribution < 1.29 is 0 Å². The molecule has 102 valence electrons. The molecule has 1 aromatic carbocycles. The molecule has 1 aromatic heterocycles. The first-order valence-electron chi connectivity index (χ1n) is 6.65. The van der Waals surface area contributed by atoms with Gasteiger partial charge < -0.3 is 5.32 Å². The van der Waals surface area contributed by atoms with Gasteiger partial charge in [-0.1, -0.05) is 29.8 Å². The van der Waals surface area contributed by atoms with Crippen LogP contribution in [0.1, 0.15) is 24.4 Å². The van der Waals surface area contributed by atoms with Gasteiger partial charge in [0, 0.05) is 11.8 Å². The fourth-order valence-corrected chi connectivity index (χ4v) is 2.50. The van der Waals surface area contributed by atoms with Gasteiger partial charge in [0.25, 0.3) is 0 Å². The monoisotopic (exact) mass is 277 g/mol. The molecule has 0 spiro atoms. The average Bonchev–Trinajstić information content (AvgIpc) is 2.90. The van der Waals surface area contributed by atoms with E-state index in [1.807, 2.05) is 6.20 Å². The van der Waals surface area contributed by atoms with E-state index < -0.39 is 0 Å². The number of hydrogen-bond acceptors (Lipinski definition) is 2. The Kier molecular flexibility index (Phi) is 4.61. The SMILES string of the molecule is Cc1ccc(-c2cnn(C3CCNCC3)c2)cc1.Cl. The van der Waals surface area contributed by atoms with E-state index in [4.69, 9.17) is 0 Å². The molecule has 1 N–H and O–H groups in total. The summed E-state index contributed by atoms with van der Waals surface area (Å²) in [7, 11) is 0. The van der Waals surface area contributed by atoms with Crippen LogP contribution in [-0.4, -0.2) is 22.9 Å². The third kappa shape index (κ3) is 3.17. The minimum Gasteiger partial charge on any atom is -0.317 e. The van der Waals surface area contributed by atoms with Crippen LogP contribution in [0, 0.1) is 6.92 Å². The molecule has 1 fully saturated rings. The second-order valence-electron chi connectivity index (χ2n) is 5.06. The summed E-state index contributed by atoms with van der Waals surface area (Å²) in [6, 6.07) is 9.19. The summed E-state index contributed by atoms with van der Waals surface area (Å²) in [5.74, 6) is 0. The van der Waals surface area contributed by atoms with Crippen molar-refractivity contribution in [3.05, 3.63) is 42.2 Å². The van der Waals surface area contributed by atoms with Crippen molar-refractivity contribution >= 4 is 12.4 Å². The van der Waals surface area contributed by atoms with Crippen molar-refractivity contribution in [2.75, 3.05) is 13.1 Å². The predicted octanol–water partition coefficient (Wildman–Crippen LogP) is 3.20. The quantitative estimate of drug-likeness (QED) is 0.914. The molecule has 1 aliphatic heterocycles. The predicted molar refractivity (Wildman–Crippen MR) is 80.8 cm³/mol. The zero-order valence-electron chi connectivity index (χ0n) is 11.2.